The van der Waals surface area contributed by atoms with Crippen molar-refractivity contribution in [3.63, 3.8) is 0 Å². The number of hydrogen-bond donors (Lipinski definition) is 1. The van der Waals surface area contributed by atoms with Crippen molar-refractivity contribution in [2.45, 2.75) is 58.3 Å². The minimum Gasteiger partial charge on any atom is -0.342 e. The lowest BCUT2D eigenvalue weighted by Gasteiger charge is -2.32. The molecule has 1 amide bonds. The third-order valence-electron chi connectivity index (χ3n) is 4.44. The van der Waals surface area contributed by atoms with Gasteiger partial charge in [0.25, 0.3) is 0 Å². The van der Waals surface area contributed by atoms with Crippen LogP contribution in [0.25, 0.3) is 0 Å². The minimum absolute atomic E-state index is 0.0417. The number of aromatic nitrogens is 3. The van der Waals surface area contributed by atoms with Crippen LogP contribution in [0.4, 0.5) is 0 Å². The first-order chi connectivity index (χ1) is 11.3. The molecule has 3 rings (SSSR count). The SMILES string of the molecule is Cc1cc(C2CCCN(C(=O)Cc3csc(C(C)(C)C)n3)C2)n[nH]1. The first kappa shape index (κ1) is 17.1. The molecule has 2 aromatic rings. The molecule has 5 nitrogen and oxygen atoms in total. The number of nitrogens with zero attached hydrogens (tertiary/aromatic N) is 3. The maximum atomic E-state index is 12.7. The highest BCUT2D eigenvalue weighted by atomic mass is 32.1. The van der Waals surface area contributed by atoms with Gasteiger partial charge >= 0.3 is 0 Å². The second-order valence-corrected chi connectivity index (χ2v) is 8.58. The fraction of sp³-hybridized carbons (Fsp3) is 0.611. The van der Waals surface area contributed by atoms with Gasteiger partial charge in [0.05, 0.1) is 22.8 Å². The van der Waals surface area contributed by atoms with Crippen molar-refractivity contribution in [3.05, 3.63) is 33.5 Å². The van der Waals surface area contributed by atoms with Gasteiger partial charge in [-0.15, -0.1) is 11.3 Å². The predicted molar refractivity (Wildman–Crippen MR) is 96.4 cm³/mol. The van der Waals surface area contributed by atoms with Crippen molar-refractivity contribution >= 4 is 17.2 Å². The Morgan fingerprint density at radius 3 is 2.88 bits per heavy atom. The van der Waals surface area contributed by atoms with Crippen LogP contribution in [0, 0.1) is 6.92 Å². The molecule has 6 heteroatoms. The number of carbonyl (C=O) groups is 1. The monoisotopic (exact) mass is 346 g/mol. The molecular formula is C18H26N4OS. The van der Waals surface area contributed by atoms with E-state index in [0.29, 0.717) is 12.3 Å². The van der Waals surface area contributed by atoms with Crippen LogP contribution in [0.2, 0.25) is 0 Å². The summed E-state index contributed by atoms with van der Waals surface area (Å²) in [7, 11) is 0. The van der Waals surface area contributed by atoms with Crippen LogP contribution in [0.3, 0.4) is 0 Å². The third-order valence-corrected chi connectivity index (χ3v) is 5.76. The van der Waals surface area contributed by atoms with Crippen molar-refractivity contribution in [2.75, 3.05) is 13.1 Å². The first-order valence-corrected chi connectivity index (χ1v) is 9.45. The number of aromatic amines is 1. The molecule has 0 aromatic carbocycles. The Hall–Kier alpha value is -1.69. The maximum absolute atomic E-state index is 12.7. The van der Waals surface area contributed by atoms with Crippen LogP contribution in [-0.4, -0.2) is 39.1 Å². The lowest BCUT2D eigenvalue weighted by Crippen LogP contribution is -2.40. The molecule has 2 aromatic heterocycles. The average molecular weight is 347 g/mol. The summed E-state index contributed by atoms with van der Waals surface area (Å²) in [5.74, 6) is 0.519. The zero-order chi connectivity index (χ0) is 17.3. The van der Waals surface area contributed by atoms with Gasteiger partial charge in [0.15, 0.2) is 0 Å². The quantitative estimate of drug-likeness (QED) is 0.926. The third kappa shape index (κ3) is 3.86. The molecule has 130 valence electrons. The van der Waals surface area contributed by atoms with E-state index in [4.69, 9.17) is 0 Å². The van der Waals surface area contributed by atoms with Crippen LogP contribution >= 0.6 is 11.3 Å². The van der Waals surface area contributed by atoms with Crippen LogP contribution < -0.4 is 0 Å². The summed E-state index contributed by atoms with van der Waals surface area (Å²) in [6.45, 7) is 10.1. The summed E-state index contributed by atoms with van der Waals surface area (Å²) in [5, 5.41) is 10.5. The van der Waals surface area contributed by atoms with E-state index in [1.165, 1.54) is 0 Å². The van der Waals surface area contributed by atoms with E-state index in [2.05, 4.69) is 42.0 Å². The van der Waals surface area contributed by atoms with Crippen LogP contribution in [0.15, 0.2) is 11.4 Å². The first-order valence-electron chi connectivity index (χ1n) is 8.57. The van der Waals surface area contributed by atoms with Gasteiger partial charge in [0.2, 0.25) is 5.91 Å². The average Bonchev–Trinajstić information content (AvgIpc) is 3.16. The number of carbonyl (C=O) groups excluding carboxylic acids is 1. The van der Waals surface area contributed by atoms with E-state index in [-0.39, 0.29) is 11.3 Å². The van der Waals surface area contributed by atoms with Crippen molar-refractivity contribution in [1.29, 1.82) is 0 Å². The van der Waals surface area contributed by atoms with E-state index in [1.54, 1.807) is 11.3 Å². The molecule has 0 radical (unpaired) electrons. The van der Waals surface area contributed by atoms with Gasteiger partial charge in [0.1, 0.15) is 0 Å². The fourth-order valence-electron chi connectivity index (χ4n) is 3.09. The highest BCUT2D eigenvalue weighted by Gasteiger charge is 2.27. The van der Waals surface area contributed by atoms with Gasteiger partial charge < -0.3 is 4.90 Å². The Morgan fingerprint density at radius 2 is 2.25 bits per heavy atom. The predicted octanol–water partition coefficient (Wildman–Crippen LogP) is 3.42. The summed E-state index contributed by atoms with van der Waals surface area (Å²) in [6.07, 6.45) is 2.53. The standard InChI is InChI=1S/C18H26N4OS/c1-12-8-15(21-20-12)13-6-5-7-22(10-13)16(23)9-14-11-24-17(19-14)18(2,3)4/h8,11,13H,5-7,9-10H2,1-4H3,(H,20,21). The van der Waals surface area contributed by atoms with E-state index < -0.39 is 0 Å². The number of likely N-dealkylation sites (tertiary alicyclic amines) is 1. The largest absolute Gasteiger partial charge is 0.342 e. The number of aryl methyl sites for hydroxylation is 1. The van der Waals surface area contributed by atoms with Crippen molar-refractivity contribution < 1.29 is 4.79 Å². The fourth-order valence-corrected chi connectivity index (χ4v) is 4.00. The van der Waals surface area contributed by atoms with Crippen molar-refractivity contribution in [2.24, 2.45) is 0 Å². The Balaban J connectivity index is 1.63. The summed E-state index contributed by atoms with van der Waals surface area (Å²) < 4.78 is 0. The van der Waals surface area contributed by atoms with Crippen molar-refractivity contribution in [1.82, 2.24) is 20.1 Å². The molecule has 1 atom stereocenters. The zero-order valence-electron chi connectivity index (χ0n) is 14.9. The van der Waals surface area contributed by atoms with Gasteiger partial charge in [-0.3, -0.25) is 9.89 Å². The van der Waals surface area contributed by atoms with Crippen LogP contribution in [0.1, 0.15) is 61.6 Å². The lowest BCUT2D eigenvalue weighted by molar-refractivity contribution is -0.131. The van der Waals surface area contributed by atoms with Crippen LogP contribution in [-0.2, 0) is 16.6 Å². The molecule has 0 bridgehead atoms. The Labute approximate surface area is 147 Å². The second-order valence-electron chi connectivity index (χ2n) is 7.73. The molecule has 1 saturated heterocycles. The van der Waals surface area contributed by atoms with Gasteiger partial charge in [-0.05, 0) is 25.8 Å². The highest BCUT2D eigenvalue weighted by molar-refractivity contribution is 7.09. The maximum Gasteiger partial charge on any atom is 0.228 e. The zero-order valence-corrected chi connectivity index (χ0v) is 15.7. The summed E-state index contributed by atoms with van der Waals surface area (Å²) in [5.41, 5.74) is 3.09. The molecular weight excluding hydrogens is 320 g/mol. The van der Waals surface area contributed by atoms with E-state index in [0.717, 1.165) is 48.0 Å². The molecule has 0 saturated carbocycles. The second kappa shape index (κ2) is 6.67. The Kier molecular flexibility index (Phi) is 4.76. The van der Waals surface area contributed by atoms with Crippen molar-refractivity contribution in [3.8, 4) is 0 Å². The van der Waals surface area contributed by atoms with Gasteiger partial charge in [0, 0.05) is 35.5 Å². The summed E-state index contributed by atoms with van der Waals surface area (Å²) >= 11 is 1.65. The topological polar surface area (TPSA) is 61.9 Å². The number of amides is 1. The number of hydrogen-bond acceptors (Lipinski definition) is 4. The highest BCUT2D eigenvalue weighted by Crippen LogP contribution is 2.28. The number of nitrogens with one attached hydrogen (secondary N) is 1. The molecule has 1 aliphatic rings. The van der Waals surface area contributed by atoms with Gasteiger partial charge in [-0.25, -0.2) is 4.98 Å². The summed E-state index contributed by atoms with van der Waals surface area (Å²) in [6, 6.07) is 2.09. The molecule has 24 heavy (non-hydrogen) atoms. The summed E-state index contributed by atoms with van der Waals surface area (Å²) in [4.78, 5) is 19.3. The smallest absolute Gasteiger partial charge is 0.228 e. The van der Waals surface area contributed by atoms with Gasteiger partial charge in [-0.1, -0.05) is 20.8 Å². The number of H-pyrrole nitrogens is 1. The molecule has 0 aliphatic carbocycles. The van der Waals surface area contributed by atoms with E-state index in [1.807, 2.05) is 17.2 Å². The minimum atomic E-state index is 0.0417. The van der Waals surface area contributed by atoms with E-state index in [9.17, 15) is 4.79 Å². The molecule has 1 fully saturated rings. The van der Waals surface area contributed by atoms with Gasteiger partial charge in [-0.2, -0.15) is 5.10 Å². The molecule has 0 spiro atoms. The Bertz CT molecular complexity index is 713. The van der Waals surface area contributed by atoms with Crippen LogP contribution in [0.5, 0.6) is 0 Å². The molecule has 3 heterocycles. The lowest BCUT2D eigenvalue weighted by atomic mass is 9.94. The van der Waals surface area contributed by atoms with E-state index >= 15 is 0 Å². The molecule has 1 aliphatic heterocycles. The number of thiazole rings is 1. The number of rotatable bonds is 3. The normalized spacial score (nSPS) is 18.8. The molecule has 1 unspecified atom stereocenters. The number of piperidine rings is 1. The Morgan fingerprint density at radius 1 is 1.46 bits per heavy atom. The molecule has 1 N–H and O–H groups in total.